The Balaban J connectivity index is 2.30. The van der Waals surface area contributed by atoms with Gasteiger partial charge in [-0.15, -0.1) is 11.3 Å². The minimum Gasteiger partial charge on any atom is -0.465 e. The summed E-state index contributed by atoms with van der Waals surface area (Å²) >= 11 is 7.51. The van der Waals surface area contributed by atoms with E-state index in [4.69, 9.17) is 16.3 Å². The fourth-order valence-corrected chi connectivity index (χ4v) is 3.50. The Labute approximate surface area is 132 Å². The first-order chi connectivity index (χ1) is 10.1. The van der Waals surface area contributed by atoms with Crippen LogP contribution in [0, 0.1) is 6.92 Å². The summed E-state index contributed by atoms with van der Waals surface area (Å²) in [5, 5.41) is 4.25. The van der Waals surface area contributed by atoms with E-state index in [1.165, 1.54) is 18.4 Å². The number of aryl methyl sites for hydroxylation is 1. The summed E-state index contributed by atoms with van der Waals surface area (Å²) in [6.45, 7) is 4.79. The molecular formula is C14H18ClN3O2S. The Morgan fingerprint density at radius 1 is 1.38 bits per heavy atom. The second kappa shape index (κ2) is 7.04. The van der Waals surface area contributed by atoms with E-state index in [-0.39, 0.29) is 5.97 Å². The van der Waals surface area contributed by atoms with Gasteiger partial charge < -0.3 is 10.1 Å². The third kappa shape index (κ3) is 3.44. The van der Waals surface area contributed by atoms with Crippen LogP contribution in [0.15, 0.2) is 0 Å². The molecule has 0 saturated heterocycles. The van der Waals surface area contributed by atoms with Crippen molar-refractivity contribution in [3.63, 3.8) is 0 Å². The summed E-state index contributed by atoms with van der Waals surface area (Å²) < 4.78 is 4.77. The average Bonchev–Trinajstić information content (AvgIpc) is 2.80. The molecule has 0 spiro atoms. The van der Waals surface area contributed by atoms with Crippen LogP contribution < -0.4 is 5.32 Å². The number of carbonyl (C=O) groups is 1. The monoisotopic (exact) mass is 327 g/mol. The van der Waals surface area contributed by atoms with E-state index >= 15 is 0 Å². The molecule has 2 rings (SSSR count). The van der Waals surface area contributed by atoms with Gasteiger partial charge >= 0.3 is 5.97 Å². The third-order valence-electron chi connectivity index (χ3n) is 3.18. The van der Waals surface area contributed by atoms with Gasteiger partial charge in [-0.05, 0) is 18.9 Å². The molecule has 0 aromatic carbocycles. The number of hydrogen-bond donors (Lipinski definition) is 1. The zero-order chi connectivity index (χ0) is 15.4. The van der Waals surface area contributed by atoms with Crippen molar-refractivity contribution in [2.24, 2.45) is 0 Å². The second-order valence-electron chi connectivity index (χ2n) is 4.70. The lowest BCUT2D eigenvalue weighted by molar-refractivity contribution is 0.0605. The zero-order valence-electron chi connectivity index (χ0n) is 12.3. The number of carbonyl (C=O) groups excluding carboxylic acids is 1. The van der Waals surface area contributed by atoms with Crippen LogP contribution in [0.4, 0.5) is 5.95 Å². The molecule has 0 aliphatic heterocycles. The first-order valence-electron chi connectivity index (χ1n) is 6.87. The van der Waals surface area contributed by atoms with Gasteiger partial charge in [-0.25, -0.2) is 14.8 Å². The summed E-state index contributed by atoms with van der Waals surface area (Å²) in [6.07, 6.45) is 3.38. The molecule has 0 saturated carbocycles. The Morgan fingerprint density at radius 2 is 2.14 bits per heavy atom. The van der Waals surface area contributed by atoms with Crippen molar-refractivity contribution < 1.29 is 9.53 Å². The Kier molecular flexibility index (Phi) is 5.36. The molecule has 0 unspecified atom stereocenters. The Bertz CT molecular complexity index is 657. The molecule has 0 radical (unpaired) electrons. The fraction of sp³-hybridized carbons (Fsp3) is 0.500. The molecule has 2 aromatic heterocycles. The maximum atomic E-state index is 11.7. The zero-order valence-corrected chi connectivity index (χ0v) is 13.9. The number of nitrogens with one attached hydrogen (secondary N) is 1. The molecule has 1 N–H and O–H groups in total. The molecule has 0 amide bonds. The van der Waals surface area contributed by atoms with Crippen LogP contribution in [0.1, 0.15) is 41.4 Å². The van der Waals surface area contributed by atoms with Gasteiger partial charge in [0.05, 0.1) is 12.5 Å². The van der Waals surface area contributed by atoms with E-state index in [0.717, 1.165) is 36.8 Å². The molecule has 0 atom stereocenters. The van der Waals surface area contributed by atoms with E-state index < -0.39 is 0 Å². The number of rotatable bonds is 6. The number of nitrogens with zero attached hydrogens (tertiary/aromatic N) is 2. The first kappa shape index (κ1) is 16.0. The number of thiophene rings is 1. The lowest BCUT2D eigenvalue weighted by Crippen LogP contribution is -2.05. The van der Waals surface area contributed by atoms with Crippen molar-refractivity contribution in [2.75, 3.05) is 19.0 Å². The van der Waals surface area contributed by atoms with Gasteiger partial charge in [-0.2, -0.15) is 0 Å². The summed E-state index contributed by atoms with van der Waals surface area (Å²) in [5.41, 5.74) is 0.768. The molecule has 5 nitrogen and oxygen atoms in total. The van der Waals surface area contributed by atoms with Crippen LogP contribution in [-0.4, -0.2) is 29.6 Å². The highest BCUT2D eigenvalue weighted by Gasteiger charge is 2.20. The van der Waals surface area contributed by atoms with Gasteiger partial charge in [0.15, 0.2) is 0 Å². The predicted molar refractivity (Wildman–Crippen MR) is 86.5 cm³/mol. The number of ether oxygens (including phenoxy) is 1. The number of halogens is 1. The molecule has 0 aliphatic carbocycles. The fourth-order valence-electron chi connectivity index (χ4n) is 2.03. The van der Waals surface area contributed by atoms with Gasteiger partial charge in [0.1, 0.15) is 14.9 Å². The highest BCUT2D eigenvalue weighted by atomic mass is 35.5. The number of hydrogen-bond acceptors (Lipinski definition) is 6. The van der Waals surface area contributed by atoms with Crippen molar-refractivity contribution in [2.45, 2.75) is 33.1 Å². The van der Waals surface area contributed by atoms with Crippen molar-refractivity contribution in [3.05, 3.63) is 15.6 Å². The molecule has 0 aliphatic rings. The molecular weight excluding hydrogens is 310 g/mol. The van der Waals surface area contributed by atoms with Crippen LogP contribution in [0.2, 0.25) is 5.15 Å². The second-order valence-corrected chi connectivity index (χ2v) is 6.06. The SMILES string of the molecule is CCCCCNc1nc(Cl)c2c(C)c(C(=O)OC)sc2n1. The van der Waals surface area contributed by atoms with E-state index in [2.05, 4.69) is 22.2 Å². The summed E-state index contributed by atoms with van der Waals surface area (Å²) in [5.74, 6) is 0.130. The van der Waals surface area contributed by atoms with Crippen molar-refractivity contribution in [3.8, 4) is 0 Å². The van der Waals surface area contributed by atoms with Gasteiger partial charge in [0.2, 0.25) is 5.95 Å². The molecule has 2 heterocycles. The van der Waals surface area contributed by atoms with Crippen LogP contribution in [0.3, 0.4) is 0 Å². The summed E-state index contributed by atoms with van der Waals surface area (Å²) in [4.78, 5) is 21.6. The number of methoxy groups -OCH3 is 1. The van der Waals surface area contributed by atoms with Gasteiger partial charge in [-0.3, -0.25) is 0 Å². The standard InChI is InChI=1S/C14H18ClN3O2S/c1-4-5-6-7-16-14-17-11(15)9-8(2)10(13(19)20-3)21-12(9)18-14/h4-7H2,1-3H3,(H,16,17,18). The van der Waals surface area contributed by atoms with Crippen LogP contribution in [0.25, 0.3) is 10.2 Å². The Hall–Kier alpha value is -1.40. The van der Waals surface area contributed by atoms with E-state index in [0.29, 0.717) is 20.8 Å². The van der Waals surface area contributed by atoms with Crippen molar-refractivity contribution >= 4 is 45.1 Å². The Morgan fingerprint density at radius 3 is 2.81 bits per heavy atom. The molecule has 2 aromatic rings. The van der Waals surface area contributed by atoms with Gasteiger partial charge in [-0.1, -0.05) is 31.4 Å². The van der Waals surface area contributed by atoms with Crippen molar-refractivity contribution in [1.29, 1.82) is 0 Å². The lowest BCUT2D eigenvalue weighted by Gasteiger charge is -2.05. The molecule has 114 valence electrons. The van der Waals surface area contributed by atoms with E-state index in [9.17, 15) is 4.79 Å². The maximum absolute atomic E-state index is 11.7. The third-order valence-corrected chi connectivity index (χ3v) is 4.62. The topological polar surface area (TPSA) is 64.1 Å². The summed E-state index contributed by atoms with van der Waals surface area (Å²) in [7, 11) is 1.36. The highest BCUT2D eigenvalue weighted by Crippen LogP contribution is 2.34. The minimum absolute atomic E-state index is 0.363. The number of esters is 1. The van der Waals surface area contributed by atoms with E-state index in [1.807, 2.05) is 6.92 Å². The molecule has 0 fully saturated rings. The number of aromatic nitrogens is 2. The maximum Gasteiger partial charge on any atom is 0.348 e. The normalized spacial score (nSPS) is 10.9. The molecule has 0 bridgehead atoms. The predicted octanol–water partition coefficient (Wildman–Crippen LogP) is 4.04. The quantitative estimate of drug-likeness (QED) is 0.493. The minimum atomic E-state index is -0.371. The van der Waals surface area contributed by atoms with E-state index in [1.54, 1.807) is 0 Å². The van der Waals surface area contributed by atoms with Crippen LogP contribution in [0.5, 0.6) is 0 Å². The lowest BCUT2D eigenvalue weighted by atomic mass is 10.2. The highest BCUT2D eigenvalue weighted by molar-refractivity contribution is 7.20. The van der Waals surface area contributed by atoms with Gasteiger partial charge in [0, 0.05) is 6.54 Å². The molecule has 7 heteroatoms. The first-order valence-corrected chi connectivity index (χ1v) is 8.06. The number of anilines is 1. The van der Waals surface area contributed by atoms with Crippen LogP contribution in [-0.2, 0) is 4.74 Å². The van der Waals surface area contributed by atoms with Crippen LogP contribution >= 0.6 is 22.9 Å². The smallest absolute Gasteiger partial charge is 0.348 e. The summed E-state index contributed by atoms with van der Waals surface area (Å²) in [6, 6.07) is 0. The van der Waals surface area contributed by atoms with Gasteiger partial charge in [0.25, 0.3) is 0 Å². The largest absolute Gasteiger partial charge is 0.465 e. The number of fused-ring (bicyclic) bond motifs is 1. The van der Waals surface area contributed by atoms with Crippen molar-refractivity contribution in [1.82, 2.24) is 9.97 Å². The molecule has 21 heavy (non-hydrogen) atoms. The average molecular weight is 328 g/mol. The number of unbranched alkanes of at least 4 members (excludes halogenated alkanes) is 2.